The summed E-state index contributed by atoms with van der Waals surface area (Å²) in [5, 5.41) is 2.54. The number of rotatable bonds is 5. The molecule has 0 saturated carbocycles. The number of pyridine rings is 1. The number of nitrogens with one attached hydrogen (secondary N) is 1. The highest BCUT2D eigenvalue weighted by Crippen LogP contribution is 2.09. The number of anilines is 1. The zero-order chi connectivity index (χ0) is 16.7. The Balaban J connectivity index is 2.01. The number of amides is 1. The molecule has 2 aromatic rings. The summed E-state index contributed by atoms with van der Waals surface area (Å²) in [6.07, 6.45) is 4.25. The molecule has 0 radical (unpaired) electrons. The number of esters is 1. The van der Waals surface area contributed by atoms with Gasteiger partial charge in [0.05, 0.1) is 12.2 Å². The Morgan fingerprint density at radius 3 is 2.70 bits per heavy atom. The molecule has 118 valence electrons. The lowest BCUT2D eigenvalue weighted by Gasteiger charge is -2.04. The number of carbonyl (C=O) groups is 2. The van der Waals surface area contributed by atoms with Gasteiger partial charge in [-0.1, -0.05) is 12.1 Å². The van der Waals surface area contributed by atoms with Crippen LogP contribution in [0.4, 0.5) is 10.2 Å². The fourth-order valence-corrected chi connectivity index (χ4v) is 1.75. The molecule has 1 heterocycles. The van der Waals surface area contributed by atoms with Crippen molar-refractivity contribution in [3.63, 3.8) is 0 Å². The summed E-state index contributed by atoms with van der Waals surface area (Å²) in [6, 6.07) is 8.66. The number of ether oxygens (including phenoxy) is 1. The van der Waals surface area contributed by atoms with Crippen LogP contribution < -0.4 is 5.32 Å². The molecule has 6 heteroatoms. The third-order valence-corrected chi connectivity index (χ3v) is 2.82. The van der Waals surface area contributed by atoms with Crippen molar-refractivity contribution in [2.24, 2.45) is 0 Å². The molecule has 0 bridgehead atoms. The van der Waals surface area contributed by atoms with Crippen LogP contribution >= 0.6 is 0 Å². The summed E-state index contributed by atoms with van der Waals surface area (Å²) in [4.78, 5) is 27.4. The minimum absolute atomic E-state index is 0.240. The summed E-state index contributed by atoms with van der Waals surface area (Å²) in [6.45, 7) is 1.98. The van der Waals surface area contributed by atoms with Gasteiger partial charge in [0.2, 0.25) is 5.91 Å². The van der Waals surface area contributed by atoms with Gasteiger partial charge in [0.1, 0.15) is 11.6 Å². The second-order valence-electron chi connectivity index (χ2n) is 4.52. The molecule has 1 aromatic heterocycles. The second-order valence-corrected chi connectivity index (χ2v) is 4.52. The Hall–Kier alpha value is -3.02. The normalized spacial score (nSPS) is 10.5. The predicted molar refractivity (Wildman–Crippen MR) is 84.3 cm³/mol. The van der Waals surface area contributed by atoms with Gasteiger partial charge < -0.3 is 10.1 Å². The van der Waals surface area contributed by atoms with E-state index in [1.54, 1.807) is 25.1 Å². The van der Waals surface area contributed by atoms with Gasteiger partial charge in [-0.05, 0) is 42.8 Å². The highest BCUT2D eigenvalue weighted by Gasteiger charge is 2.08. The molecule has 0 unspecified atom stereocenters. The van der Waals surface area contributed by atoms with E-state index in [-0.39, 0.29) is 18.2 Å². The van der Waals surface area contributed by atoms with Crippen molar-refractivity contribution >= 4 is 23.8 Å². The average molecular weight is 314 g/mol. The molecule has 0 saturated heterocycles. The molecule has 1 amide bonds. The Morgan fingerprint density at radius 2 is 2.00 bits per heavy atom. The van der Waals surface area contributed by atoms with Crippen LogP contribution in [0.2, 0.25) is 0 Å². The van der Waals surface area contributed by atoms with Crippen molar-refractivity contribution in [2.75, 3.05) is 11.9 Å². The first-order chi connectivity index (χ1) is 11.1. The number of nitrogens with zero attached hydrogens (tertiary/aromatic N) is 1. The van der Waals surface area contributed by atoms with Crippen LogP contribution in [0.5, 0.6) is 0 Å². The molecule has 0 fully saturated rings. The van der Waals surface area contributed by atoms with Crippen LogP contribution in [0.1, 0.15) is 22.8 Å². The van der Waals surface area contributed by atoms with E-state index in [1.807, 2.05) is 0 Å². The average Bonchev–Trinajstić information content (AvgIpc) is 2.55. The minimum atomic E-state index is -0.479. The number of hydrogen-bond acceptors (Lipinski definition) is 4. The van der Waals surface area contributed by atoms with Gasteiger partial charge in [0.25, 0.3) is 0 Å². The van der Waals surface area contributed by atoms with Crippen molar-refractivity contribution in [1.82, 2.24) is 4.98 Å². The second kappa shape index (κ2) is 7.84. The molecule has 0 atom stereocenters. The molecule has 1 N–H and O–H groups in total. The summed E-state index contributed by atoms with van der Waals surface area (Å²) in [5.74, 6) is -0.994. The van der Waals surface area contributed by atoms with Crippen LogP contribution in [0.3, 0.4) is 0 Å². The van der Waals surface area contributed by atoms with Gasteiger partial charge in [-0.15, -0.1) is 0 Å². The monoisotopic (exact) mass is 314 g/mol. The first kappa shape index (κ1) is 16.4. The molecule has 5 nitrogen and oxygen atoms in total. The van der Waals surface area contributed by atoms with E-state index in [0.29, 0.717) is 11.1 Å². The Labute approximate surface area is 132 Å². The lowest BCUT2D eigenvalue weighted by atomic mass is 10.2. The highest BCUT2D eigenvalue weighted by molar-refractivity contribution is 6.02. The number of aromatic nitrogens is 1. The third kappa shape index (κ3) is 5.03. The maximum absolute atomic E-state index is 12.8. The van der Waals surface area contributed by atoms with Crippen LogP contribution in [0.15, 0.2) is 48.7 Å². The summed E-state index contributed by atoms with van der Waals surface area (Å²) in [5.41, 5.74) is 0.995. The van der Waals surface area contributed by atoms with Gasteiger partial charge in [0.15, 0.2) is 0 Å². The molecule has 23 heavy (non-hydrogen) atoms. The zero-order valence-electron chi connectivity index (χ0n) is 12.5. The molecule has 1 aromatic carbocycles. The largest absolute Gasteiger partial charge is 0.462 e. The van der Waals surface area contributed by atoms with Crippen molar-refractivity contribution in [2.45, 2.75) is 6.92 Å². The topological polar surface area (TPSA) is 68.3 Å². The van der Waals surface area contributed by atoms with E-state index in [4.69, 9.17) is 4.74 Å². The quantitative estimate of drug-likeness (QED) is 0.680. The third-order valence-electron chi connectivity index (χ3n) is 2.82. The lowest BCUT2D eigenvalue weighted by Crippen LogP contribution is -2.11. The fourth-order valence-electron chi connectivity index (χ4n) is 1.75. The SMILES string of the molecule is CCOC(=O)c1ccnc(NC(=O)/C=C/c2ccc(F)cc2)c1. The Bertz CT molecular complexity index is 727. The standard InChI is InChI=1S/C17H15FN2O3/c1-2-23-17(22)13-9-10-19-15(11-13)20-16(21)8-5-12-3-6-14(18)7-4-12/h3-11H,2H2,1H3,(H,19,20,21)/b8-5+. The molecule has 2 rings (SSSR count). The first-order valence-electron chi connectivity index (χ1n) is 6.96. The molecular formula is C17H15FN2O3. The maximum Gasteiger partial charge on any atom is 0.338 e. The van der Waals surface area contributed by atoms with Crippen molar-refractivity contribution in [3.05, 3.63) is 65.6 Å². The molecule has 0 aliphatic carbocycles. The summed E-state index contributed by atoms with van der Waals surface area (Å²) >= 11 is 0. The molecule has 0 aliphatic rings. The van der Waals surface area contributed by atoms with Crippen molar-refractivity contribution in [1.29, 1.82) is 0 Å². The van der Waals surface area contributed by atoms with E-state index in [2.05, 4.69) is 10.3 Å². The first-order valence-corrected chi connectivity index (χ1v) is 6.96. The zero-order valence-corrected chi connectivity index (χ0v) is 12.5. The summed E-state index contributed by atoms with van der Waals surface area (Å²) < 4.78 is 17.7. The molecular weight excluding hydrogens is 299 g/mol. The smallest absolute Gasteiger partial charge is 0.338 e. The van der Waals surface area contributed by atoms with E-state index in [9.17, 15) is 14.0 Å². The van der Waals surface area contributed by atoms with Crippen LogP contribution in [0, 0.1) is 5.82 Å². The van der Waals surface area contributed by atoms with Gasteiger partial charge in [-0.25, -0.2) is 14.2 Å². The van der Waals surface area contributed by atoms with Gasteiger partial charge in [-0.2, -0.15) is 0 Å². The van der Waals surface area contributed by atoms with Gasteiger partial charge in [-0.3, -0.25) is 4.79 Å². The number of carbonyl (C=O) groups excluding carboxylic acids is 2. The lowest BCUT2D eigenvalue weighted by molar-refractivity contribution is -0.111. The molecule has 0 spiro atoms. The van der Waals surface area contributed by atoms with Crippen molar-refractivity contribution in [3.8, 4) is 0 Å². The Morgan fingerprint density at radius 1 is 1.26 bits per heavy atom. The fraction of sp³-hybridized carbons (Fsp3) is 0.118. The minimum Gasteiger partial charge on any atom is -0.462 e. The van der Waals surface area contributed by atoms with Gasteiger partial charge >= 0.3 is 5.97 Å². The summed E-state index contributed by atoms with van der Waals surface area (Å²) in [7, 11) is 0. The highest BCUT2D eigenvalue weighted by atomic mass is 19.1. The maximum atomic E-state index is 12.8. The van der Waals surface area contributed by atoms with Crippen LogP contribution in [-0.4, -0.2) is 23.5 Å². The van der Waals surface area contributed by atoms with Crippen LogP contribution in [-0.2, 0) is 9.53 Å². The predicted octanol–water partition coefficient (Wildman–Crippen LogP) is 3.05. The van der Waals surface area contributed by atoms with Crippen molar-refractivity contribution < 1.29 is 18.7 Å². The number of benzene rings is 1. The number of halogens is 1. The Kier molecular flexibility index (Phi) is 5.57. The van der Waals surface area contributed by atoms with E-state index >= 15 is 0 Å². The van der Waals surface area contributed by atoms with Gasteiger partial charge in [0, 0.05) is 12.3 Å². The molecule has 0 aliphatic heterocycles. The van der Waals surface area contributed by atoms with Crippen LogP contribution in [0.25, 0.3) is 6.08 Å². The van der Waals surface area contributed by atoms with E-state index < -0.39 is 11.9 Å². The van der Waals surface area contributed by atoms with E-state index in [0.717, 1.165) is 0 Å². The number of hydrogen-bond donors (Lipinski definition) is 1. The van der Waals surface area contributed by atoms with E-state index in [1.165, 1.54) is 36.5 Å².